The number of piperidine rings is 1. The van der Waals surface area contributed by atoms with Gasteiger partial charge < -0.3 is 15.5 Å². The fraction of sp³-hybridized carbons (Fsp3) is 0.389. The van der Waals surface area contributed by atoms with E-state index in [9.17, 15) is 22.4 Å². The minimum Gasteiger partial charge on any atom is -0.347 e. The molecule has 1 aliphatic rings. The Morgan fingerprint density at radius 1 is 1.25 bits per heavy atom. The first-order valence-electron chi connectivity index (χ1n) is 8.76. The zero-order valence-electron chi connectivity index (χ0n) is 14.8. The molecule has 1 amide bonds. The van der Waals surface area contributed by atoms with Gasteiger partial charge >= 0.3 is 6.18 Å². The maximum Gasteiger partial charge on any atom is 0.405 e. The summed E-state index contributed by atoms with van der Waals surface area (Å²) in [5, 5.41) is 4.79. The third kappa shape index (κ3) is 5.30. The normalized spacial score (nSPS) is 17.3. The van der Waals surface area contributed by atoms with Crippen molar-refractivity contribution in [1.82, 2.24) is 15.3 Å². The number of para-hydroxylation sites is 1. The van der Waals surface area contributed by atoms with Gasteiger partial charge in [0.05, 0.1) is 11.6 Å². The standard InChI is InChI=1S/C18H19F4N5O/c19-13-5-1-2-6-14(13)25-15-7-8-23-17(26-15)27-9-3-4-12(10-27)16(28)24-11-18(20,21)22/h1-2,5-8,12H,3-4,9-11H2,(H,24,28)(H,23,25,26). The van der Waals surface area contributed by atoms with E-state index in [1.807, 2.05) is 5.32 Å². The van der Waals surface area contributed by atoms with Gasteiger partial charge in [0.25, 0.3) is 0 Å². The first kappa shape index (κ1) is 19.8. The highest BCUT2D eigenvalue weighted by molar-refractivity contribution is 5.79. The Bertz CT molecular complexity index is 830. The average molecular weight is 397 g/mol. The molecule has 0 spiro atoms. The number of anilines is 3. The van der Waals surface area contributed by atoms with Crippen LogP contribution in [0.4, 0.5) is 35.0 Å². The van der Waals surface area contributed by atoms with Crippen LogP contribution in [0.1, 0.15) is 12.8 Å². The fourth-order valence-electron chi connectivity index (χ4n) is 2.98. The zero-order valence-corrected chi connectivity index (χ0v) is 14.8. The van der Waals surface area contributed by atoms with Crippen LogP contribution >= 0.6 is 0 Å². The van der Waals surface area contributed by atoms with Crippen LogP contribution in [0, 0.1) is 11.7 Å². The van der Waals surface area contributed by atoms with Gasteiger partial charge in [-0.2, -0.15) is 18.2 Å². The third-order valence-corrected chi connectivity index (χ3v) is 4.32. The highest BCUT2D eigenvalue weighted by atomic mass is 19.4. The van der Waals surface area contributed by atoms with Crippen molar-refractivity contribution in [3.63, 3.8) is 0 Å². The molecule has 150 valence electrons. The number of halogens is 4. The molecular weight excluding hydrogens is 378 g/mol. The molecule has 2 aromatic rings. The van der Waals surface area contributed by atoms with E-state index in [0.717, 1.165) is 0 Å². The smallest absolute Gasteiger partial charge is 0.347 e. The Balaban J connectivity index is 1.66. The summed E-state index contributed by atoms with van der Waals surface area (Å²) in [7, 11) is 0. The first-order valence-corrected chi connectivity index (χ1v) is 8.76. The van der Waals surface area contributed by atoms with Crippen LogP contribution in [-0.2, 0) is 4.79 Å². The SMILES string of the molecule is O=C(NCC(F)(F)F)C1CCCN(c2nccc(Nc3ccccc3F)n2)C1. The van der Waals surface area contributed by atoms with Gasteiger partial charge in [-0.1, -0.05) is 12.1 Å². The number of nitrogens with zero attached hydrogens (tertiary/aromatic N) is 3. The zero-order chi connectivity index (χ0) is 20.1. The van der Waals surface area contributed by atoms with Crippen LogP contribution in [0.15, 0.2) is 36.5 Å². The van der Waals surface area contributed by atoms with Gasteiger partial charge in [0.15, 0.2) is 0 Å². The van der Waals surface area contributed by atoms with E-state index in [1.165, 1.54) is 12.3 Å². The van der Waals surface area contributed by atoms with Crippen molar-refractivity contribution in [3.8, 4) is 0 Å². The molecular formula is C18H19F4N5O. The van der Waals surface area contributed by atoms with Gasteiger partial charge in [-0.25, -0.2) is 9.37 Å². The molecule has 2 N–H and O–H groups in total. The highest BCUT2D eigenvalue weighted by Crippen LogP contribution is 2.23. The summed E-state index contributed by atoms with van der Waals surface area (Å²) in [5.74, 6) is -0.944. The summed E-state index contributed by atoms with van der Waals surface area (Å²) in [5.41, 5.74) is 0.259. The molecule has 1 fully saturated rings. The molecule has 1 unspecified atom stereocenters. The number of rotatable bonds is 5. The Kier molecular flexibility index (Phi) is 5.96. The molecule has 0 aliphatic carbocycles. The van der Waals surface area contributed by atoms with Crippen molar-refractivity contribution in [2.24, 2.45) is 5.92 Å². The molecule has 1 aromatic carbocycles. The van der Waals surface area contributed by atoms with Crippen LogP contribution < -0.4 is 15.5 Å². The van der Waals surface area contributed by atoms with Gasteiger partial charge in [-0.3, -0.25) is 4.79 Å². The number of nitrogens with one attached hydrogen (secondary N) is 2. The lowest BCUT2D eigenvalue weighted by molar-refractivity contribution is -0.140. The van der Waals surface area contributed by atoms with E-state index < -0.39 is 30.4 Å². The van der Waals surface area contributed by atoms with Crippen molar-refractivity contribution in [2.45, 2.75) is 19.0 Å². The number of hydrogen-bond donors (Lipinski definition) is 2. The summed E-state index contributed by atoms with van der Waals surface area (Å²) in [6.45, 7) is -0.556. The molecule has 0 bridgehead atoms. The number of benzene rings is 1. The van der Waals surface area contributed by atoms with Crippen molar-refractivity contribution in [3.05, 3.63) is 42.3 Å². The van der Waals surface area contributed by atoms with E-state index in [1.54, 1.807) is 29.2 Å². The predicted octanol–water partition coefficient (Wildman–Crippen LogP) is 3.25. The molecule has 0 radical (unpaired) electrons. The second-order valence-electron chi connectivity index (χ2n) is 6.46. The Hall–Kier alpha value is -2.91. The molecule has 1 aromatic heterocycles. The minimum atomic E-state index is -4.44. The molecule has 6 nitrogen and oxygen atoms in total. The van der Waals surface area contributed by atoms with Crippen molar-refractivity contribution in [2.75, 3.05) is 29.9 Å². The summed E-state index contributed by atoms with van der Waals surface area (Å²) in [4.78, 5) is 22.3. The third-order valence-electron chi connectivity index (χ3n) is 4.32. The van der Waals surface area contributed by atoms with Crippen molar-refractivity contribution < 1.29 is 22.4 Å². The van der Waals surface area contributed by atoms with Gasteiger partial charge in [-0.15, -0.1) is 0 Å². The van der Waals surface area contributed by atoms with Gasteiger partial charge in [0, 0.05) is 19.3 Å². The molecule has 3 rings (SSSR count). The second kappa shape index (κ2) is 8.41. The van der Waals surface area contributed by atoms with Crippen LogP contribution in [0.25, 0.3) is 0 Å². The van der Waals surface area contributed by atoms with E-state index >= 15 is 0 Å². The monoisotopic (exact) mass is 397 g/mol. The largest absolute Gasteiger partial charge is 0.405 e. The predicted molar refractivity (Wildman–Crippen MR) is 95.7 cm³/mol. The number of carbonyl (C=O) groups excluding carboxylic acids is 1. The van der Waals surface area contributed by atoms with E-state index in [0.29, 0.717) is 31.2 Å². The summed E-state index contributed by atoms with van der Waals surface area (Å²) < 4.78 is 50.7. The van der Waals surface area contributed by atoms with Gasteiger partial charge in [0.1, 0.15) is 18.2 Å². The topological polar surface area (TPSA) is 70.2 Å². The maximum absolute atomic E-state index is 13.8. The molecule has 28 heavy (non-hydrogen) atoms. The average Bonchev–Trinajstić information content (AvgIpc) is 2.68. The lowest BCUT2D eigenvalue weighted by Crippen LogP contribution is -2.45. The minimum absolute atomic E-state index is 0.215. The number of amides is 1. The van der Waals surface area contributed by atoms with E-state index in [4.69, 9.17) is 0 Å². The first-order chi connectivity index (χ1) is 13.3. The highest BCUT2D eigenvalue weighted by Gasteiger charge is 2.32. The van der Waals surface area contributed by atoms with Crippen molar-refractivity contribution in [1.29, 1.82) is 0 Å². The van der Waals surface area contributed by atoms with Crippen LogP contribution in [-0.4, -0.2) is 41.7 Å². The van der Waals surface area contributed by atoms with E-state index in [2.05, 4.69) is 15.3 Å². The molecule has 1 saturated heterocycles. The summed E-state index contributed by atoms with van der Waals surface area (Å²) >= 11 is 0. The lowest BCUT2D eigenvalue weighted by Gasteiger charge is -2.32. The number of carbonyl (C=O) groups is 1. The summed E-state index contributed by atoms with van der Waals surface area (Å²) in [6, 6.07) is 7.72. The molecule has 1 atom stereocenters. The Morgan fingerprint density at radius 2 is 2.04 bits per heavy atom. The quantitative estimate of drug-likeness (QED) is 0.758. The molecule has 1 aliphatic heterocycles. The maximum atomic E-state index is 13.8. The Labute approximate surface area is 159 Å². The molecule has 10 heteroatoms. The molecule has 2 heterocycles. The van der Waals surface area contributed by atoms with Crippen LogP contribution in [0.5, 0.6) is 0 Å². The summed E-state index contributed by atoms with van der Waals surface area (Å²) in [6.07, 6.45) is -1.83. The van der Waals surface area contributed by atoms with Crippen LogP contribution in [0.3, 0.4) is 0 Å². The van der Waals surface area contributed by atoms with Crippen molar-refractivity contribution >= 4 is 23.4 Å². The number of hydrogen-bond acceptors (Lipinski definition) is 5. The molecule has 0 saturated carbocycles. The Morgan fingerprint density at radius 3 is 2.79 bits per heavy atom. The van der Waals surface area contributed by atoms with E-state index in [-0.39, 0.29) is 12.2 Å². The van der Waals surface area contributed by atoms with Crippen LogP contribution in [0.2, 0.25) is 0 Å². The lowest BCUT2D eigenvalue weighted by atomic mass is 9.97. The number of alkyl halides is 3. The fourth-order valence-corrected chi connectivity index (χ4v) is 2.98. The number of aromatic nitrogens is 2. The van der Waals surface area contributed by atoms with Gasteiger partial charge in [-0.05, 0) is 31.0 Å². The second-order valence-corrected chi connectivity index (χ2v) is 6.46. The van der Waals surface area contributed by atoms with Gasteiger partial charge in [0.2, 0.25) is 11.9 Å².